The molecule has 10 heavy (non-hydrogen) atoms. The molecule has 0 aliphatic rings. The summed E-state index contributed by atoms with van der Waals surface area (Å²) >= 11 is 4.19. The van der Waals surface area contributed by atoms with Crippen LogP contribution in [0.25, 0.3) is 0 Å². The van der Waals surface area contributed by atoms with Crippen LogP contribution in [0.5, 0.6) is 0 Å². The highest BCUT2D eigenvalue weighted by molar-refractivity contribution is 7.80. The molecule has 0 radical (unpaired) electrons. The minimum absolute atomic E-state index is 0.800. The van der Waals surface area contributed by atoms with Crippen molar-refractivity contribution in [1.29, 1.82) is 0 Å². The molecule has 0 aliphatic heterocycles. The van der Waals surface area contributed by atoms with E-state index in [9.17, 15) is 0 Å². The lowest BCUT2D eigenvalue weighted by molar-refractivity contribution is -0.887. The molecule has 0 amide bonds. The van der Waals surface area contributed by atoms with Crippen molar-refractivity contribution in [2.24, 2.45) is 5.73 Å². The zero-order valence-electron chi connectivity index (χ0n) is 7.01. The quantitative estimate of drug-likeness (QED) is 0.444. The lowest BCUT2D eigenvalue weighted by Crippen LogP contribution is -2.42. The SMILES string of the molecule is C[N+](C)(CCS)CCCN. The summed E-state index contributed by atoms with van der Waals surface area (Å²) < 4.78 is 1.04. The van der Waals surface area contributed by atoms with Gasteiger partial charge in [0.1, 0.15) is 0 Å². The third kappa shape index (κ3) is 5.09. The summed E-state index contributed by atoms with van der Waals surface area (Å²) in [5.74, 6) is 0.956. The van der Waals surface area contributed by atoms with Gasteiger partial charge < -0.3 is 10.2 Å². The maximum absolute atomic E-state index is 5.40. The predicted octanol–water partition coefficient (Wildman–Crippen LogP) is 0.341. The van der Waals surface area contributed by atoms with Gasteiger partial charge in [-0.3, -0.25) is 0 Å². The molecule has 0 bridgehead atoms. The predicted molar refractivity (Wildman–Crippen MR) is 49.4 cm³/mol. The Morgan fingerprint density at radius 1 is 1.30 bits per heavy atom. The maximum atomic E-state index is 5.40. The molecule has 0 unspecified atom stereocenters. The molecule has 0 spiro atoms. The Labute approximate surface area is 69.4 Å². The normalized spacial score (nSPS) is 12.0. The van der Waals surface area contributed by atoms with E-state index in [-0.39, 0.29) is 0 Å². The molecule has 0 saturated heterocycles. The van der Waals surface area contributed by atoms with Gasteiger partial charge in [-0.05, 0) is 6.54 Å². The highest BCUT2D eigenvalue weighted by Crippen LogP contribution is 1.98. The molecule has 62 valence electrons. The van der Waals surface area contributed by atoms with Crippen LogP contribution in [0.4, 0.5) is 0 Å². The van der Waals surface area contributed by atoms with Gasteiger partial charge in [-0.25, -0.2) is 0 Å². The van der Waals surface area contributed by atoms with Crippen molar-refractivity contribution in [3.05, 3.63) is 0 Å². The number of quaternary nitrogens is 1. The van der Waals surface area contributed by atoms with E-state index in [1.807, 2.05) is 0 Å². The lowest BCUT2D eigenvalue weighted by atomic mass is 10.3. The van der Waals surface area contributed by atoms with E-state index < -0.39 is 0 Å². The van der Waals surface area contributed by atoms with Gasteiger partial charge in [0.05, 0.1) is 27.2 Å². The molecule has 0 rings (SSSR count). The van der Waals surface area contributed by atoms with Crippen LogP contribution in [0, 0.1) is 0 Å². The van der Waals surface area contributed by atoms with Gasteiger partial charge >= 0.3 is 0 Å². The molecule has 0 aromatic heterocycles. The fourth-order valence-electron chi connectivity index (χ4n) is 0.902. The zero-order valence-corrected chi connectivity index (χ0v) is 7.90. The second-order valence-corrected chi connectivity index (χ2v) is 3.70. The summed E-state index contributed by atoms with van der Waals surface area (Å²) in [4.78, 5) is 0. The first-order valence-corrected chi connectivity index (χ1v) is 4.38. The standard InChI is InChI=1S/C7H18N2S/c1-9(2,6-7-10)5-3-4-8/h3-8H2,1-2H3/p+1. The molecule has 0 saturated carbocycles. The number of hydrogen-bond donors (Lipinski definition) is 2. The van der Waals surface area contributed by atoms with Crippen LogP contribution < -0.4 is 5.73 Å². The van der Waals surface area contributed by atoms with Gasteiger partial charge in [0.2, 0.25) is 0 Å². The van der Waals surface area contributed by atoms with Gasteiger partial charge in [-0.1, -0.05) is 0 Å². The molecule has 2 nitrogen and oxygen atoms in total. The molecule has 0 fully saturated rings. The smallest absolute Gasteiger partial charge is 0.0871 e. The van der Waals surface area contributed by atoms with Crippen LogP contribution in [0.2, 0.25) is 0 Å². The van der Waals surface area contributed by atoms with E-state index in [1.54, 1.807) is 0 Å². The van der Waals surface area contributed by atoms with Crippen molar-refractivity contribution >= 4 is 12.6 Å². The third-order valence-corrected chi connectivity index (χ3v) is 1.87. The summed E-state index contributed by atoms with van der Waals surface area (Å²) in [5.41, 5.74) is 5.40. The van der Waals surface area contributed by atoms with E-state index in [2.05, 4.69) is 26.7 Å². The Hall–Kier alpha value is 0.270. The van der Waals surface area contributed by atoms with Crippen molar-refractivity contribution in [2.45, 2.75) is 6.42 Å². The first kappa shape index (κ1) is 10.3. The number of nitrogens with zero attached hydrogens (tertiary/aromatic N) is 1. The van der Waals surface area contributed by atoms with E-state index >= 15 is 0 Å². The number of thiol groups is 1. The van der Waals surface area contributed by atoms with E-state index in [0.29, 0.717) is 0 Å². The maximum Gasteiger partial charge on any atom is 0.0871 e. The van der Waals surface area contributed by atoms with Crippen LogP contribution in [0.3, 0.4) is 0 Å². The van der Waals surface area contributed by atoms with Crippen LogP contribution in [0.15, 0.2) is 0 Å². The van der Waals surface area contributed by atoms with Crippen LogP contribution >= 0.6 is 12.6 Å². The van der Waals surface area contributed by atoms with E-state index in [4.69, 9.17) is 5.73 Å². The van der Waals surface area contributed by atoms with Crippen molar-refractivity contribution in [3.8, 4) is 0 Å². The average molecular weight is 163 g/mol. The monoisotopic (exact) mass is 163 g/mol. The largest absolute Gasteiger partial charge is 0.330 e. The Morgan fingerprint density at radius 3 is 2.30 bits per heavy atom. The topological polar surface area (TPSA) is 26.0 Å². The summed E-state index contributed by atoms with van der Waals surface area (Å²) in [5, 5.41) is 0. The van der Waals surface area contributed by atoms with Crippen molar-refractivity contribution in [1.82, 2.24) is 0 Å². The molecule has 0 aliphatic carbocycles. The fourth-order valence-corrected chi connectivity index (χ4v) is 1.44. The number of rotatable bonds is 5. The Kier molecular flexibility index (Phi) is 5.13. The van der Waals surface area contributed by atoms with Gasteiger partial charge in [-0.15, -0.1) is 0 Å². The molecular formula is C7H19N2S+. The minimum atomic E-state index is 0.800. The highest BCUT2D eigenvalue weighted by atomic mass is 32.1. The van der Waals surface area contributed by atoms with Gasteiger partial charge in [0, 0.05) is 12.2 Å². The third-order valence-electron chi connectivity index (χ3n) is 1.67. The number of nitrogens with two attached hydrogens (primary N) is 1. The summed E-state index contributed by atoms with van der Waals surface area (Å²) in [6.45, 7) is 3.09. The molecule has 0 aromatic rings. The molecule has 0 heterocycles. The van der Waals surface area contributed by atoms with Crippen LogP contribution in [0.1, 0.15) is 6.42 Å². The summed E-state index contributed by atoms with van der Waals surface area (Å²) in [7, 11) is 4.43. The zero-order chi connectivity index (χ0) is 8.04. The van der Waals surface area contributed by atoms with Crippen molar-refractivity contribution < 1.29 is 4.48 Å². The molecule has 2 N–H and O–H groups in total. The second kappa shape index (κ2) is 4.99. The fraction of sp³-hybridized carbons (Fsp3) is 1.00. The summed E-state index contributed by atoms with van der Waals surface area (Å²) in [6, 6.07) is 0. The highest BCUT2D eigenvalue weighted by Gasteiger charge is 2.11. The molecule has 3 heteroatoms. The molecular weight excluding hydrogens is 144 g/mol. The van der Waals surface area contributed by atoms with E-state index in [1.165, 1.54) is 0 Å². The van der Waals surface area contributed by atoms with Gasteiger partial charge in [0.25, 0.3) is 0 Å². The Balaban J connectivity index is 3.42. The first-order valence-electron chi connectivity index (χ1n) is 3.75. The molecule has 0 aromatic carbocycles. The van der Waals surface area contributed by atoms with Crippen LogP contribution in [-0.4, -0.2) is 44.0 Å². The van der Waals surface area contributed by atoms with Crippen LogP contribution in [-0.2, 0) is 0 Å². The minimum Gasteiger partial charge on any atom is -0.330 e. The van der Waals surface area contributed by atoms with Crippen molar-refractivity contribution in [3.63, 3.8) is 0 Å². The second-order valence-electron chi connectivity index (χ2n) is 3.25. The van der Waals surface area contributed by atoms with Gasteiger partial charge in [0.15, 0.2) is 0 Å². The van der Waals surface area contributed by atoms with E-state index in [0.717, 1.165) is 36.3 Å². The lowest BCUT2D eigenvalue weighted by Gasteiger charge is -2.28. The molecule has 0 atom stereocenters. The Bertz CT molecular complexity index is 83.7. The Morgan fingerprint density at radius 2 is 1.90 bits per heavy atom. The average Bonchev–Trinajstić information content (AvgIpc) is 1.84. The van der Waals surface area contributed by atoms with Crippen molar-refractivity contribution in [2.75, 3.05) is 39.5 Å². The van der Waals surface area contributed by atoms with Gasteiger partial charge in [-0.2, -0.15) is 12.6 Å². The first-order chi connectivity index (χ1) is 4.62. The summed E-state index contributed by atoms with van der Waals surface area (Å²) in [6.07, 6.45) is 1.11. The number of hydrogen-bond acceptors (Lipinski definition) is 2.